The third-order valence-electron chi connectivity index (χ3n) is 1.62. The maximum Gasteiger partial charge on any atom is 0.146 e. The minimum Gasteiger partial charge on any atom is -0.392 e. The summed E-state index contributed by atoms with van der Waals surface area (Å²) in [6.45, 7) is 2.40. The Morgan fingerprint density at radius 1 is 1.64 bits per heavy atom. The number of aliphatic hydroxyl groups is 1. The summed E-state index contributed by atoms with van der Waals surface area (Å²) < 4.78 is 13.7. The number of aliphatic hydroxyl groups excluding tert-OH is 1. The highest BCUT2D eigenvalue weighted by Crippen LogP contribution is 2.10. The molecule has 0 saturated heterocycles. The molecule has 0 saturated carbocycles. The summed E-state index contributed by atoms with van der Waals surface area (Å²) in [5.41, 5.74) is 0.347. The number of nitrogens with one attached hydrogen (secondary N) is 1. The molecule has 1 aromatic heterocycles. The second kappa shape index (κ2) is 5.38. The highest BCUT2D eigenvalue weighted by molar-refractivity contribution is 9.10. The van der Waals surface area contributed by atoms with E-state index in [1.54, 1.807) is 13.0 Å². The number of hydrogen-bond donors (Lipinski definition) is 2. The van der Waals surface area contributed by atoms with E-state index in [1.165, 1.54) is 6.07 Å². The molecular weight excluding hydrogens is 251 g/mol. The summed E-state index contributed by atoms with van der Waals surface area (Å²) in [6.07, 6.45) is -0.440. The lowest BCUT2D eigenvalue weighted by Gasteiger charge is -2.07. The molecule has 5 heteroatoms. The average Bonchev–Trinajstić information content (AvgIpc) is 2.10. The van der Waals surface area contributed by atoms with E-state index in [-0.39, 0.29) is 5.82 Å². The molecule has 3 nitrogen and oxygen atoms in total. The van der Waals surface area contributed by atoms with Crippen LogP contribution in [0, 0.1) is 5.82 Å². The molecule has 14 heavy (non-hydrogen) atoms. The third-order valence-corrected chi connectivity index (χ3v) is 2.06. The van der Waals surface area contributed by atoms with Crippen LogP contribution >= 0.6 is 15.9 Å². The van der Waals surface area contributed by atoms with Crippen molar-refractivity contribution >= 4 is 15.9 Å². The normalized spacial score (nSPS) is 12.9. The Hall–Kier alpha value is -0.520. The van der Waals surface area contributed by atoms with Crippen LogP contribution < -0.4 is 5.32 Å². The zero-order valence-electron chi connectivity index (χ0n) is 7.80. The Morgan fingerprint density at radius 2 is 2.36 bits per heavy atom. The number of nitrogens with zero attached hydrogens (tertiary/aromatic N) is 1. The third kappa shape index (κ3) is 3.69. The lowest BCUT2D eigenvalue weighted by Crippen LogP contribution is -2.24. The Bertz CT molecular complexity index is 307. The van der Waals surface area contributed by atoms with E-state index in [9.17, 15) is 4.39 Å². The standard InChI is InChI=1S/C9H12BrFN2O/c1-6(14)4-12-5-8-7(11)2-3-9(10)13-8/h2-3,6,12,14H,4-5H2,1H3/t6-/m0/s1. The van der Waals surface area contributed by atoms with Gasteiger partial charge in [0.15, 0.2) is 0 Å². The molecule has 1 atom stereocenters. The van der Waals surface area contributed by atoms with E-state index >= 15 is 0 Å². The molecule has 1 heterocycles. The highest BCUT2D eigenvalue weighted by Gasteiger charge is 2.04. The molecular formula is C9H12BrFN2O. The summed E-state index contributed by atoms with van der Waals surface area (Å²) in [5.74, 6) is -0.341. The minimum absolute atomic E-state index is 0.316. The van der Waals surface area contributed by atoms with Crippen molar-refractivity contribution in [3.8, 4) is 0 Å². The van der Waals surface area contributed by atoms with Crippen molar-refractivity contribution in [1.82, 2.24) is 10.3 Å². The van der Waals surface area contributed by atoms with Gasteiger partial charge in [-0.15, -0.1) is 0 Å². The molecule has 0 aliphatic rings. The molecule has 0 radical (unpaired) electrons. The quantitative estimate of drug-likeness (QED) is 0.808. The van der Waals surface area contributed by atoms with Crippen LogP contribution in [0.3, 0.4) is 0 Å². The molecule has 1 rings (SSSR count). The van der Waals surface area contributed by atoms with E-state index in [2.05, 4.69) is 26.2 Å². The number of hydrogen-bond acceptors (Lipinski definition) is 3. The van der Waals surface area contributed by atoms with Crippen molar-refractivity contribution in [1.29, 1.82) is 0 Å². The van der Waals surface area contributed by atoms with Gasteiger partial charge in [0, 0.05) is 13.1 Å². The summed E-state index contributed by atoms with van der Waals surface area (Å²) in [7, 11) is 0. The van der Waals surface area contributed by atoms with Gasteiger partial charge in [-0.25, -0.2) is 9.37 Å². The topological polar surface area (TPSA) is 45.1 Å². The smallest absolute Gasteiger partial charge is 0.146 e. The lowest BCUT2D eigenvalue weighted by molar-refractivity contribution is 0.190. The van der Waals surface area contributed by atoms with Gasteiger partial charge >= 0.3 is 0 Å². The van der Waals surface area contributed by atoms with Gasteiger partial charge in [0.1, 0.15) is 10.4 Å². The van der Waals surface area contributed by atoms with Crippen LogP contribution in [0.25, 0.3) is 0 Å². The fraction of sp³-hybridized carbons (Fsp3) is 0.444. The minimum atomic E-state index is -0.440. The second-order valence-electron chi connectivity index (χ2n) is 3.04. The van der Waals surface area contributed by atoms with Crippen molar-refractivity contribution < 1.29 is 9.50 Å². The predicted octanol–water partition coefficient (Wildman–Crippen LogP) is 1.45. The number of pyridine rings is 1. The molecule has 0 aliphatic carbocycles. The molecule has 0 bridgehead atoms. The number of rotatable bonds is 4. The Kier molecular flexibility index (Phi) is 4.44. The van der Waals surface area contributed by atoms with Crippen molar-refractivity contribution in [2.75, 3.05) is 6.54 Å². The van der Waals surface area contributed by atoms with Crippen LogP contribution in [0.5, 0.6) is 0 Å². The SMILES string of the molecule is C[C@H](O)CNCc1nc(Br)ccc1F. The van der Waals surface area contributed by atoms with Gasteiger partial charge in [-0.3, -0.25) is 0 Å². The molecule has 78 valence electrons. The van der Waals surface area contributed by atoms with Gasteiger partial charge in [0.05, 0.1) is 11.8 Å². The first-order chi connectivity index (χ1) is 6.59. The van der Waals surface area contributed by atoms with Crippen molar-refractivity contribution in [2.24, 2.45) is 0 Å². The van der Waals surface area contributed by atoms with Gasteiger partial charge in [-0.05, 0) is 35.0 Å². The largest absolute Gasteiger partial charge is 0.392 e. The van der Waals surface area contributed by atoms with Gasteiger partial charge in [-0.2, -0.15) is 0 Å². The van der Waals surface area contributed by atoms with Crippen LogP contribution in [0.15, 0.2) is 16.7 Å². The van der Waals surface area contributed by atoms with Crippen LogP contribution in [0.1, 0.15) is 12.6 Å². The summed E-state index contributed by atoms with van der Waals surface area (Å²) in [6, 6.07) is 2.91. The van der Waals surface area contributed by atoms with Gasteiger partial charge < -0.3 is 10.4 Å². The number of halogens is 2. The van der Waals surface area contributed by atoms with Crippen LogP contribution in [-0.2, 0) is 6.54 Å². The summed E-state index contributed by atoms with van der Waals surface area (Å²) in [4.78, 5) is 3.97. The second-order valence-corrected chi connectivity index (χ2v) is 3.85. The molecule has 1 aromatic rings. The first-order valence-electron chi connectivity index (χ1n) is 4.29. The zero-order valence-corrected chi connectivity index (χ0v) is 9.38. The molecule has 0 amide bonds. The van der Waals surface area contributed by atoms with Gasteiger partial charge in [0.2, 0.25) is 0 Å². The van der Waals surface area contributed by atoms with Crippen molar-refractivity contribution in [2.45, 2.75) is 19.6 Å². The Balaban J connectivity index is 2.53. The van der Waals surface area contributed by atoms with Crippen LogP contribution in [-0.4, -0.2) is 22.7 Å². The first kappa shape index (κ1) is 11.6. The van der Waals surface area contributed by atoms with Crippen molar-refractivity contribution in [3.05, 3.63) is 28.2 Å². The van der Waals surface area contributed by atoms with Crippen LogP contribution in [0.4, 0.5) is 4.39 Å². The molecule has 0 unspecified atom stereocenters. The van der Waals surface area contributed by atoms with Gasteiger partial charge in [-0.1, -0.05) is 0 Å². The zero-order chi connectivity index (χ0) is 10.6. The monoisotopic (exact) mass is 262 g/mol. The highest BCUT2D eigenvalue weighted by atomic mass is 79.9. The maximum atomic E-state index is 13.1. The molecule has 0 spiro atoms. The number of aromatic nitrogens is 1. The van der Waals surface area contributed by atoms with E-state index in [0.29, 0.717) is 23.4 Å². The fourth-order valence-electron chi connectivity index (χ4n) is 0.981. The first-order valence-corrected chi connectivity index (χ1v) is 5.08. The summed E-state index contributed by atoms with van der Waals surface area (Å²) >= 11 is 3.16. The Morgan fingerprint density at radius 3 is 3.00 bits per heavy atom. The maximum absolute atomic E-state index is 13.1. The summed E-state index contributed by atoms with van der Waals surface area (Å²) in [5, 5.41) is 11.9. The van der Waals surface area contributed by atoms with E-state index in [4.69, 9.17) is 5.11 Å². The molecule has 0 aliphatic heterocycles. The van der Waals surface area contributed by atoms with E-state index < -0.39 is 6.10 Å². The van der Waals surface area contributed by atoms with E-state index in [1.807, 2.05) is 0 Å². The van der Waals surface area contributed by atoms with Crippen molar-refractivity contribution in [3.63, 3.8) is 0 Å². The molecule has 0 aromatic carbocycles. The lowest BCUT2D eigenvalue weighted by atomic mass is 10.3. The van der Waals surface area contributed by atoms with E-state index in [0.717, 1.165) is 0 Å². The molecule has 0 fully saturated rings. The Labute approximate surface area is 90.5 Å². The average molecular weight is 263 g/mol. The van der Waals surface area contributed by atoms with Gasteiger partial charge in [0.25, 0.3) is 0 Å². The predicted molar refractivity (Wildman–Crippen MR) is 55.3 cm³/mol. The molecule has 2 N–H and O–H groups in total. The van der Waals surface area contributed by atoms with Crippen LogP contribution in [0.2, 0.25) is 0 Å². The fourth-order valence-corrected chi connectivity index (χ4v) is 1.33.